The summed E-state index contributed by atoms with van der Waals surface area (Å²) in [6.45, 7) is 2.75. The summed E-state index contributed by atoms with van der Waals surface area (Å²) in [6.07, 6.45) is 3.17. The second-order valence-electron chi connectivity index (χ2n) is 7.68. The molecular formula is C23H31N3O. The highest BCUT2D eigenvalue weighted by Crippen LogP contribution is 2.19. The van der Waals surface area contributed by atoms with Crippen LogP contribution in [0.15, 0.2) is 54.6 Å². The fraction of sp³-hybridized carbons (Fsp3) is 0.435. The Morgan fingerprint density at radius 3 is 2.19 bits per heavy atom. The van der Waals surface area contributed by atoms with Gasteiger partial charge in [-0.15, -0.1) is 0 Å². The number of carbonyl (C=O) groups excluding carboxylic acids is 1. The summed E-state index contributed by atoms with van der Waals surface area (Å²) in [5.41, 5.74) is 3.29. The van der Waals surface area contributed by atoms with Gasteiger partial charge in [-0.05, 0) is 56.1 Å². The molecule has 27 heavy (non-hydrogen) atoms. The smallest absolute Gasteiger partial charge is 0.253 e. The molecule has 144 valence electrons. The molecule has 0 radical (unpaired) electrons. The van der Waals surface area contributed by atoms with Crippen LogP contribution in [0.4, 0.5) is 5.69 Å². The first-order valence-corrected chi connectivity index (χ1v) is 9.85. The third kappa shape index (κ3) is 5.10. The first-order chi connectivity index (χ1) is 13.0. The normalized spacial score (nSPS) is 15.2. The van der Waals surface area contributed by atoms with E-state index < -0.39 is 0 Å². The molecule has 0 bridgehead atoms. The average molecular weight is 366 g/mol. The van der Waals surface area contributed by atoms with Gasteiger partial charge in [0.2, 0.25) is 0 Å². The Hall–Kier alpha value is -2.33. The van der Waals surface area contributed by atoms with E-state index >= 15 is 0 Å². The highest BCUT2D eigenvalue weighted by molar-refractivity contribution is 5.94. The van der Waals surface area contributed by atoms with E-state index in [1.54, 1.807) is 0 Å². The second-order valence-corrected chi connectivity index (χ2v) is 7.68. The SMILES string of the molecule is CN(C)c1ccc(C(=O)N2CCC(N(C)CCc3ccccc3)CC2)cc1. The largest absolute Gasteiger partial charge is 0.378 e. The van der Waals surface area contributed by atoms with Gasteiger partial charge >= 0.3 is 0 Å². The molecule has 1 heterocycles. The Morgan fingerprint density at radius 1 is 0.963 bits per heavy atom. The van der Waals surface area contributed by atoms with Crippen molar-refractivity contribution < 1.29 is 4.79 Å². The molecule has 2 aromatic carbocycles. The predicted octanol–water partition coefficient (Wildman–Crippen LogP) is 3.53. The first-order valence-electron chi connectivity index (χ1n) is 9.85. The van der Waals surface area contributed by atoms with Gasteiger partial charge in [-0.25, -0.2) is 0 Å². The number of hydrogen-bond acceptors (Lipinski definition) is 3. The molecule has 4 heteroatoms. The van der Waals surface area contributed by atoms with E-state index in [0.29, 0.717) is 6.04 Å². The van der Waals surface area contributed by atoms with E-state index in [1.165, 1.54) is 5.56 Å². The Bertz CT molecular complexity index is 719. The second kappa shape index (κ2) is 9.05. The Morgan fingerprint density at radius 2 is 1.59 bits per heavy atom. The van der Waals surface area contributed by atoms with E-state index in [9.17, 15) is 4.79 Å². The van der Waals surface area contributed by atoms with Gasteiger partial charge in [-0.2, -0.15) is 0 Å². The summed E-state index contributed by atoms with van der Waals surface area (Å²) < 4.78 is 0. The van der Waals surface area contributed by atoms with Gasteiger partial charge in [0.05, 0.1) is 0 Å². The lowest BCUT2D eigenvalue weighted by atomic mass is 10.0. The van der Waals surface area contributed by atoms with Crippen molar-refractivity contribution in [1.29, 1.82) is 0 Å². The molecule has 1 aliphatic rings. The first kappa shape index (κ1) is 19.4. The zero-order chi connectivity index (χ0) is 19.2. The number of carbonyl (C=O) groups is 1. The summed E-state index contributed by atoms with van der Waals surface area (Å²) in [7, 11) is 6.23. The lowest BCUT2D eigenvalue weighted by molar-refractivity contribution is 0.0647. The third-order valence-corrected chi connectivity index (χ3v) is 5.60. The van der Waals surface area contributed by atoms with Gasteiger partial charge in [0.15, 0.2) is 0 Å². The van der Waals surface area contributed by atoms with E-state index in [4.69, 9.17) is 0 Å². The van der Waals surface area contributed by atoms with Crippen molar-refractivity contribution in [1.82, 2.24) is 9.80 Å². The molecule has 0 aliphatic carbocycles. The molecule has 0 unspecified atom stereocenters. The standard InChI is InChI=1S/C23H31N3O/c1-24(2)21-11-9-20(10-12-21)23(27)26-17-14-22(15-18-26)25(3)16-13-19-7-5-4-6-8-19/h4-12,22H,13-18H2,1-3H3. The van der Waals surface area contributed by atoms with Crippen LogP contribution in [-0.4, -0.2) is 62.5 Å². The van der Waals surface area contributed by atoms with Gasteiger partial charge in [0.1, 0.15) is 0 Å². The van der Waals surface area contributed by atoms with Crippen LogP contribution in [0.5, 0.6) is 0 Å². The molecule has 0 saturated carbocycles. The molecule has 1 amide bonds. The molecular weight excluding hydrogens is 334 g/mol. The van der Waals surface area contributed by atoms with Crippen LogP contribution < -0.4 is 4.90 Å². The molecule has 4 nitrogen and oxygen atoms in total. The third-order valence-electron chi connectivity index (χ3n) is 5.60. The number of likely N-dealkylation sites (N-methyl/N-ethyl adjacent to an activating group) is 1. The van der Waals surface area contributed by atoms with Crippen molar-refractivity contribution >= 4 is 11.6 Å². The maximum Gasteiger partial charge on any atom is 0.253 e. The summed E-state index contributed by atoms with van der Waals surface area (Å²) in [4.78, 5) is 19.3. The van der Waals surface area contributed by atoms with E-state index in [2.05, 4.69) is 42.3 Å². The van der Waals surface area contributed by atoms with Gasteiger partial charge in [-0.3, -0.25) is 4.79 Å². The molecule has 0 aromatic heterocycles. The number of amides is 1. The van der Waals surface area contributed by atoms with Gasteiger partial charge in [0, 0.05) is 51.0 Å². The summed E-state index contributed by atoms with van der Waals surface area (Å²) in [5.74, 6) is 0.158. The number of hydrogen-bond donors (Lipinski definition) is 0. The molecule has 0 spiro atoms. The molecule has 3 rings (SSSR count). The summed E-state index contributed by atoms with van der Waals surface area (Å²) in [5, 5.41) is 0. The minimum atomic E-state index is 0.158. The summed E-state index contributed by atoms with van der Waals surface area (Å²) >= 11 is 0. The molecule has 1 fully saturated rings. The van der Waals surface area contributed by atoms with Crippen LogP contribution in [-0.2, 0) is 6.42 Å². The zero-order valence-corrected chi connectivity index (χ0v) is 16.8. The average Bonchev–Trinajstić information content (AvgIpc) is 2.72. The fourth-order valence-corrected chi connectivity index (χ4v) is 3.73. The van der Waals surface area contributed by atoms with Crippen molar-refractivity contribution in [3.63, 3.8) is 0 Å². The number of benzene rings is 2. The number of anilines is 1. The minimum Gasteiger partial charge on any atom is -0.378 e. The van der Waals surface area contributed by atoms with Crippen LogP contribution in [0.3, 0.4) is 0 Å². The summed E-state index contributed by atoms with van der Waals surface area (Å²) in [6, 6.07) is 19.1. The van der Waals surface area contributed by atoms with Crippen LogP contribution in [0.25, 0.3) is 0 Å². The van der Waals surface area contributed by atoms with E-state index in [-0.39, 0.29) is 5.91 Å². The predicted molar refractivity (Wildman–Crippen MR) is 112 cm³/mol. The molecule has 0 N–H and O–H groups in total. The highest BCUT2D eigenvalue weighted by atomic mass is 16.2. The Balaban J connectivity index is 1.48. The Labute approximate surface area is 163 Å². The van der Waals surface area contributed by atoms with Crippen molar-refractivity contribution in [3.8, 4) is 0 Å². The van der Waals surface area contributed by atoms with Crippen LogP contribution in [0.1, 0.15) is 28.8 Å². The van der Waals surface area contributed by atoms with E-state index in [1.807, 2.05) is 48.2 Å². The monoisotopic (exact) mass is 365 g/mol. The molecule has 1 aliphatic heterocycles. The maximum absolute atomic E-state index is 12.8. The molecule has 0 atom stereocenters. The van der Waals surface area contributed by atoms with Gasteiger partial charge in [-0.1, -0.05) is 30.3 Å². The topological polar surface area (TPSA) is 26.8 Å². The van der Waals surface area contributed by atoms with Crippen molar-refractivity contribution in [2.24, 2.45) is 0 Å². The number of piperidine rings is 1. The minimum absolute atomic E-state index is 0.158. The highest BCUT2D eigenvalue weighted by Gasteiger charge is 2.25. The van der Waals surface area contributed by atoms with Crippen LogP contribution >= 0.6 is 0 Å². The van der Waals surface area contributed by atoms with Gasteiger partial charge in [0.25, 0.3) is 5.91 Å². The van der Waals surface area contributed by atoms with Crippen LogP contribution in [0, 0.1) is 0 Å². The molecule has 1 saturated heterocycles. The number of likely N-dealkylation sites (tertiary alicyclic amines) is 1. The lowest BCUT2D eigenvalue weighted by Crippen LogP contribution is -2.46. The van der Waals surface area contributed by atoms with Crippen molar-refractivity contribution in [2.75, 3.05) is 45.7 Å². The fourth-order valence-electron chi connectivity index (χ4n) is 3.73. The number of nitrogens with zero attached hydrogens (tertiary/aromatic N) is 3. The van der Waals surface area contributed by atoms with Crippen LogP contribution in [0.2, 0.25) is 0 Å². The quantitative estimate of drug-likeness (QED) is 0.783. The lowest BCUT2D eigenvalue weighted by Gasteiger charge is -2.37. The van der Waals surface area contributed by atoms with Crippen molar-refractivity contribution in [3.05, 3.63) is 65.7 Å². The maximum atomic E-state index is 12.8. The Kier molecular flexibility index (Phi) is 6.51. The number of rotatable bonds is 6. The van der Waals surface area contributed by atoms with E-state index in [0.717, 1.165) is 50.1 Å². The zero-order valence-electron chi connectivity index (χ0n) is 16.8. The van der Waals surface area contributed by atoms with Gasteiger partial charge < -0.3 is 14.7 Å². The molecule has 2 aromatic rings. The van der Waals surface area contributed by atoms with Crippen molar-refractivity contribution in [2.45, 2.75) is 25.3 Å².